The summed E-state index contributed by atoms with van der Waals surface area (Å²) in [6, 6.07) is 15.2. The van der Waals surface area contributed by atoms with Crippen molar-refractivity contribution in [1.82, 2.24) is 4.98 Å². The number of fused-ring (bicyclic) bond motifs is 1. The molecule has 0 saturated carbocycles. The predicted molar refractivity (Wildman–Crippen MR) is 131 cm³/mol. The highest BCUT2D eigenvalue weighted by Crippen LogP contribution is 2.31. The summed E-state index contributed by atoms with van der Waals surface area (Å²) < 4.78 is 38.9. The fourth-order valence-electron chi connectivity index (χ4n) is 2.56. The minimum absolute atomic E-state index is 0.938. The average molecular weight is 487 g/mol. The summed E-state index contributed by atoms with van der Waals surface area (Å²) in [6.45, 7) is 8.57. The molecule has 172 valence electrons. The molecule has 4 N–H and O–H groups in total. The second-order valence-corrected chi connectivity index (χ2v) is 11.2. The number of rotatable bonds is 4. The van der Waals surface area contributed by atoms with E-state index in [9.17, 15) is 16.8 Å². The molecule has 0 spiro atoms. The Morgan fingerprint density at radius 3 is 1.84 bits per heavy atom. The molecule has 0 aliphatic heterocycles. The number of primary sulfonamides is 2. The maximum atomic E-state index is 9.41. The molecule has 0 aliphatic rings. The Hall–Kier alpha value is -2.05. The lowest BCUT2D eigenvalue weighted by molar-refractivity contribution is 0.601. The van der Waals surface area contributed by atoms with Gasteiger partial charge in [0.05, 0.1) is 22.7 Å². The van der Waals surface area contributed by atoms with Crippen LogP contribution >= 0.6 is 11.3 Å². The highest BCUT2D eigenvalue weighted by molar-refractivity contribution is 7.88. The van der Waals surface area contributed by atoms with Gasteiger partial charge in [-0.1, -0.05) is 6.07 Å². The first-order chi connectivity index (χ1) is 14.2. The Kier molecular flexibility index (Phi) is 10.0. The lowest BCUT2D eigenvalue weighted by Crippen LogP contribution is -2.21. The Balaban J connectivity index is 0.000000404. The van der Waals surface area contributed by atoms with E-state index in [-0.39, 0.29) is 0 Å². The molecular formula is C20H30N4O4S3. The zero-order valence-electron chi connectivity index (χ0n) is 18.4. The lowest BCUT2D eigenvalue weighted by atomic mass is 10.2. The molecule has 0 fully saturated rings. The summed E-state index contributed by atoms with van der Waals surface area (Å²) in [5.74, 6) is 0. The number of thiazole rings is 1. The van der Waals surface area contributed by atoms with Gasteiger partial charge in [0.25, 0.3) is 0 Å². The van der Waals surface area contributed by atoms with Crippen LogP contribution in [-0.4, -0.2) is 47.4 Å². The monoisotopic (exact) mass is 486 g/mol. The van der Waals surface area contributed by atoms with Crippen LogP contribution in [0.4, 0.5) is 5.69 Å². The van der Waals surface area contributed by atoms with Crippen molar-refractivity contribution in [2.45, 2.75) is 20.8 Å². The first-order valence-corrected chi connectivity index (χ1v) is 14.1. The molecule has 2 aromatic carbocycles. The first kappa shape index (κ1) is 27.0. The SMILES string of the molecule is CCN(CC)c1ccc(-c2nc3ccc(C)cc3s2)cc1.CS(N)(=O)=O.CS(N)(=O)=O. The second-order valence-electron chi connectivity index (χ2n) is 6.87. The van der Waals surface area contributed by atoms with Crippen LogP contribution in [0.5, 0.6) is 0 Å². The maximum absolute atomic E-state index is 9.41. The van der Waals surface area contributed by atoms with Gasteiger partial charge in [0.2, 0.25) is 20.0 Å². The van der Waals surface area contributed by atoms with E-state index in [0.717, 1.165) is 36.1 Å². The molecule has 1 aromatic heterocycles. The van der Waals surface area contributed by atoms with Gasteiger partial charge in [-0.3, -0.25) is 0 Å². The van der Waals surface area contributed by atoms with Crippen LogP contribution in [0.3, 0.4) is 0 Å². The van der Waals surface area contributed by atoms with Gasteiger partial charge >= 0.3 is 0 Å². The van der Waals surface area contributed by atoms with E-state index in [2.05, 4.69) is 78.4 Å². The number of aryl methyl sites for hydroxylation is 1. The third-order valence-electron chi connectivity index (χ3n) is 3.79. The van der Waals surface area contributed by atoms with Gasteiger partial charge in [0.1, 0.15) is 5.01 Å². The Morgan fingerprint density at radius 2 is 1.39 bits per heavy atom. The summed E-state index contributed by atoms with van der Waals surface area (Å²) in [5, 5.41) is 9.75. The van der Waals surface area contributed by atoms with Crippen LogP contribution in [0.25, 0.3) is 20.8 Å². The fourth-order valence-corrected chi connectivity index (χ4v) is 3.63. The van der Waals surface area contributed by atoms with Gasteiger partial charge in [-0.2, -0.15) is 0 Å². The second kappa shape index (κ2) is 11.5. The summed E-state index contributed by atoms with van der Waals surface area (Å²) in [4.78, 5) is 7.10. The molecule has 0 aliphatic carbocycles. The van der Waals surface area contributed by atoms with E-state index >= 15 is 0 Å². The molecule has 31 heavy (non-hydrogen) atoms. The third kappa shape index (κ3) is 11.2. The molecule has 0 unspecified atom stereocenters. The van der Waals surface area contributed by atoms with Gasteiger partial charge in [-0.15, -0.1) is 11.3 Å². The molecule has 0 atom stereocenters. The number of aromatic nitrogens is 1. The first-order valence-electron chi connectivity index (χ1n) is 9.39. The van der Waals surface area contributed by atoms with Crippen LogP contribution < -0.4 is 15.2 Å². The van der Waals surface area contributed by atoms with Crippen molar-refractivity contribution < 1.29 is 16.8 Å². The van der Waals surface area contributed by atoms with Crippen LogP contribution in [-0.2, 0) is 20.0 Å². The summed E-state index contributed by atoms with van der Waals surface area (Å²) in [7, 11) is -6.33. The number of anilines is 1. The van der Waals surface area contributed by atoms with E-state index in [0.29, 0.717) is 0 Å². The van der Waals surface area contributed by atoms with Crippen molar-refractivity contribution in [2.75, 3.05) is 30.5 Å². The molecule has 0 radical (unpaired) electrons. The number of hydrogen-bond donors (Lipinski definition) is 2. The quantitative estimate of drug-likeness (QED) is 0.582. The normalized spacial score (nSPS) is 11.2. The average Bonchev–Trinajstić information content (AvgIpc) is 3.03. The smallest absolute Gasteiger partial charge is 0.206 e. The van der Waals surface area contributed by atoms with E-state index < -0.39 is 20.0 Å². The number of benzene rings is 2. The topological polar surface area (TPSA) is 136 Å². The highest BCUT2D eigenvalue weighted by atomic mass is 32.2. The minimum Gasteiger partial charge on any atom is -0.372 e. The standard InChI is InChI=1S/C18H20N2S.2CH5NO2S/c1-4-20(5-2)15-9-7-14(8-10-15)18-19-16-11-6-13(3)12-17(16)21-18;2*1-5(2,3)4/h6-12H,4-5H2,1-3H3;2*1H3,(H2,2,3,4). The van der Waals surface area contributed by atoms with Crippen molar-refractivity contribution in [1.29, 1.82) is 0 Å². The number of sulfonamides is 2. The van der Waals surface area contributed by atoms with Crippen molar-refractivity contribution >= 4 is 47.3 Å². The Labute approximate surface area is 189 Å². The van der Waals surface area contributed by atoms with Gasteiger partial charge in [-0.05, 0) is 62.7 Å². The van der Waals surface area contributed by atoms with E-state index in [4.69, 9.17) is 4.98 Å². The number of nitrogens with two attached hydrogens (primary N) is 2. The number of hydrogen-bond acceptors (Lipinski definition) is 7. The molecule has 8 nitrogen and oxygen atoms in total. The fraction of sp³-hybridized carbons (Fsp3) is 0.350. The lowest BCUT2D eigenvalue weighted by Gasteiger charge is -2.20. The Bertz CT molecular complexity index is 1140. The zero-order chi connectivity index (χ0) is 23.8. The summed E-state index contributed by atoms with van der Waals surface area (Å²) in [6.07, 6.45) is 1.88. The summed E-state index contributed by atoms with van der Waals surface area (Å²) >= 11 is 1.77. The van der Waals surface area contributed by atoms with Gasteiger partial charge in [-0.25, -0.2) is 32.1 Å². The highest BCUT2D eigenvalue weighted by Gasteiger charge is 2.07. The van der Waals surface area contributed by atoms with Crippen molar-refractivity contribution in [2.24, 2.45) is 10.3 Å². The number of nitrogens with zero attached hydrogens (tertiary/aromatic N) is 2. The Morgan fingerprint density at radius 1 is 0.903 bits per heavy atom. The third-order valence-corrected chi connectivity index (χ3v) is 4.85. The van der Waals surface area contributed by atoms with E-state index in [1.54, 1.807) is 11.3 Å². The van der Waals surface area contributed by atoms with Crippen LogP contribution in [0.2, 0.25) is 0 Å². The van der Waals surface area contributed by atoms with Crippen molar-refractivity contribution in [3.63, 3.8) is 0 Å². The van der Waals surface area contributed by atoms with Crippen molar-refractivity contribution in [3.8, 4) is 10.6 Å². The molecule has 0 amide bonds. The van der Waals surface area contributed by atoms with Crippen molar-refractivity contribution in [3.05, 3.63) is 48.0 Å². The zero-order valence-corrected chi connectivity index (χ0v) is 20.8. The molecule has 0 bridgehead atoms. The van der Waals surface area contributed by atoms with Gasteiger partial charge in [0, 0.05) is 24.3 Å². The van der Waals surface area contributed by atoms with Crippen LogP contribution in [0.15, 0.2) is 42.5 Å². The largest absolute Gasteiger partial charge is 0.372 e. The molecular weight excluding hydrogens is 456 g/mol. The van der Waals surface area contributed by atoms with E-state index in [1.807, 2.05) is 0 Å². The predicted octanol–water partition coefficient (Wildman–Crippen LogP) is 2.93. The van der Waals surface area contributed by atoms with Crippen LogP contribution in [0.1, 0.15) is 19.4 Å². The molecule has 1 heterocycles. The maximum Gasteiger partial charge on any atom is 0.206 e. The van der Waals surface area contributed by atoms with Crippen LogP contribution in [0, 0.1) is 6.92 Å². The minimum atomic E-state index is -3.17. The van der Waals surface area contributed by atoms with Gasteiger partial charge in [0.15, 0.2) is 0 Å². The molecule has 0 saturated heterocycles. The van der Waals surface area contributed by atoms with Gasteiger partial charge < -0.3 is 4.90 Å². The molecule has 3 rings (SSSR count). The van der Waals surface area contributed by atoms with E-state index in [1.165, 1.54) is 21.5 Å². The summed E-state index contributed by atoms with van der Waals surface area (Å²) in [5.41, 5.74) is 4.86. The molecule has 3 aromatic rings. The molecule has 11 heteroatoms.